The van der Waals surface area contributed by atoms with E-state index in [0.29, 0.717) is 31.5 Å². The number of rotatable bonds is 4. The highest BCUT2D eigenvalue weighted by Gasteiger charge is 2.18. The van der Waals surface area contributed by atoms with Crippen molar-refractivity contribution in [1.82, 2.24) is 10.6 Å². The first-order valence-corrected chi connectivity index (χ1v) is 6.92. The van der Waals surface area contributed by atoms with E-state index in [2.05, 4.69) is 10.6 Å². The summed E-state index contributed by atoms with van der Waals surface area (Å²) < 4.78 is 5.35. The number of carbonyl (C=O) groups excluding carboxylic acids is 1. The lowest BCUT2D eigenvalue weighted by molar-refractivity contribution is -0.122. The number of hydrogen-bond acceptors (Lipinski definition) is 3. The molecule has 1 aliphatic heterocycles. The number of amides is 1. The van der Waals surface area contributed by atoms with Crippen molar-refractivity contribution in [3.63, 3.8) is 0 Å². The Hall–Kier alpha value is -0.610. The molecule has 1 aliphatic carbocycles. The topological polar surface area (TPSA) is 50.4 Å². The summed E-state index contributed by atoms with van der Waals surface area (Å²) in [4.78, 5) is 11.8. The Morgan fingerprint density at radius 1 is 1.29 bits per heavy atom. The summed E-state index contributed by atoms with van der Waals surface area (Å²) in [5.41, 5.74) is 0. The summed E-state index contributed by atoms with van der Waals surface area (Å²) in [5, 5.41) is 6.36. The fourth-order valence-electron chi connectivity index (χ4n) is 2.71. The molecule has 1 saturated heterocycles. The lowest BCUT2D eigenvalue weighted by Crippen LogP contribution is -2.48. The smallest absolute Gasteiger partial charge is 0.220 e. The SMILES string of the molecule is O=C(CC1CCCCC1)NCC1COCCN1. The molecule has 2 fully saturated rings. The van der Waals surface area contributed by atoms with Crippen LogP contribution in [0.3, 0.4) is 0 Å². The average molecular weight is 240 g/mol. The molecule has 1 heterocycles. The quantitative estimate of drug-likeness (QED) is 0.772. The van der Waals surface area contributed by atoms with Crippen molar-refractivity contribution < 1.29 is 9.53 Å². The highest BCUT2D eigenvalue weighted by molar-refractivity contribution is 5.76. The molecule has 1 atom stereocenters. The zero-order valence-corrected chi connectivity index (χ0v) is 10.5. The molecule has 1 unspecified atom stereocenters. The Morgan fingerprint density at radius 2 is 2.12 bits per heavy atom. The molecule has 0 aromatic heterocycles. The number of morpholine rings is 1. The van der Waals surface area contributed by atoms with E-state index >= 15 is 0 Å². The monoisotopic (exact) mass is 240 g/mol. The van der Waals surface area contributed by atoms with Crippen molar-refractivity contribution in [3.05, 3.63) is 0 Å². The minimum absolute atomic E-state index is 0.212. The predicted molar refractivity (Wildman–Crippen MR) is 66.8 cm³/mol. The molecule has 1 amide bonds. The highest BCUT2D eigenvalue weighted by Crippen LogP contribution is 2.25. The van der Waals surface area contributed by atoms with E-state index < -0.39 is 0 Å². The number of ether oxygens (including phenoxy) is 1. The largest absolute Gasteiger partial charge is 0.378 e. The summed E-state index contributed by atoms with van der Waals surface area (Å²) in [6.07, 6.45) is 7.14. The Kier molecular flexibility index (Phi) is 5.26. The average Bonchev–Trinajstić information content (AvgIpc) is 2.39. The van der Waals surface area contributed by atoms with Crippen molar-refractivity contribution in [2.45, 2.75) is 44.6 Å². The standard InChI is InChI=1S/C13H24N2O2/c16-13(8-11-4-2-1-3-5-11)15-9-12-10-17-7-6-14-12/h11-12,14H,1-10H2,(H,15,16). The molecule has 2 rings (SSSR count). The van der Waals surface area contributed by atoms with E-state index in [1.165, 1.54) is 32.1 Å². The van der Waals surface area contributed by atoms with Crippen LogP contribution in [0.5, 0.6) is 0 Å². The maximum atomic E-state index is 11.8. The van der Waals surface area contributed by atoms with Gasteiger partial charge in [0.1, 0.15) is 0 Å². The first-order valence-electron chi connectivity index (χ1n) is 6.92. The molecule has 4 heteroatoms. The van der Waals surface area contributed by atoms with E-state index in [4.69, 9.17) is 4.74 Å². The summed E-state index contributed by atoms with van der Waals surface area (Å²) >= 11 is 0. The van der Waals surface area contributed by atoms with E-state index in [1.54, 1.807) is 0 Å². The van der Waals surface area contributed by atoms with Gasteiger partial charge >= 0.3 is 0 Å². The summed E-state index contributed by atoms with van der Waals surface area (Å²) in [6.45, 7) is 3.09. The van der Waals surface area contributed by atoms with Crippen molar-refractivity contribution in [2.75, 3.05) is 26.3 Å². The van der Waals surface area contributed by atoms with E-state index in [-0.39, 0.29) is 5.91 Å². The Balaban J connectivity index is 1.59. The first kappa shape index (κ1) is 12.8. The third-order valence-electron chi connectivity index (χ3n) is 3.74. The van der Waals surface area contributed by atoms with Crippen LogP contribution in [-0.2, 0) is 9.53 Å². The zero-order valence-electron chi connectivity index (χ0n) is 10.5. The van der Waals surface area contributed by atoms with Crippen LogP contribution < -0.4 is 10.6 Å². The molecule has 0 spiro atoms. The van der Waals surface area contributed by atoms with Gasteiger partial charge in [-0.25, -0.2) is 0 Å². The van der Waals surface area contributed by atoms with Gasteiger partial charge in [0.15, 0.2) is 0 Å². The van der Waals surface area contributed by atoms with Gasteiger partial charge in [-0.3, -0.25) is 4.79 Å². The van der Waals surface area contributed by atoms with Gasteiger partial charge in [-0.2, -0.15) is 0 Å². The minimum Gasteiger partial charge on any atom is -0.378 e. The molecule has 2 N–H and O–H groups in total. The highest BCUT2D eigenvalue weighted by atomic mass is 16.5. The predicted octanol–water partition coefficient (Wildman–Crippen LogP) is 1.06. The molecule has 0 bridgehead atoms. The van der Waals surface area contributed by atoms with Crippen LogP contribution >= 0.6 is 0 Å². The third-order valence-corrected chi connectivity index (χ3v) is 3.74. The fourth-order valence-corrected chi connectivity index (χ4v) is 2.71. The lowest BCUT2D eigenvalue weighted by atomic mass is 9.87. The van der Waals surface area contributed by atoms with E-state index in [9.17, 15) is 4.79 Å². The van der Waals surface area contributed by atoms with Gasteiger partial charge in [0.05, 0.1) is 13.2 Å². The van der Waals surface area contributed by atoms with Crippen LogP contribution in [-0.4, -0.2) is 38.3 Å². The van der Waals surface area contributed by atoms with Gasteiger partial charge < -0.3 is 15.4 Å². The summed E-state index contributed by atoms with van der Waals surface area (Å²) in [5.74, 6) is 0.837. The second-order valence-electron chi connectivity index (χ2n) is 5.24. The molecule has 0 aromatic rings. The number of carbonyl (C=O) groups is 1. The molecule has 0 aromatic carbocycles. The molecule has 0 radical (unpaired) electrons. The van der Waals surface area contributed by atoms with Crippen LogP contribution in [0.2, 0.25) is 0 Å². The molecular formula is C13H24N2O2. The molecule has 4 nitrogen and oxygen atoms in total. The molecule has 17 heavy (non-hydrogen) atoms. The van der Waals surface area contributed by atoms with Crippen LogP contribution in [0, 0.1) is 5.92 Å². The third kappa shape index (κ3) is 4.64. The normalized spacial score (nSPS) is 26.7. The van der Waals surface area contributed by atoms with Crippen LogP contribution in [0.1, 0.15) is 38.5 Å². The number of hydrogen-bond donors (Lipinski definition) is 2. The Bertz CT molecular complexity index is 234. The number of nitrogens with one attached hydrogen (secondary N) is 2. The maximum absolute atomic E-state index is 11.8. The molecule has 1 saturated carbocycles. The van der Waals surface area contributed by atoms with Crippen molar-refractivity contribution in [3.8, 4) is 0 Å². The van der Waals surface area contributed by atoms with E-state index in [1.807, 2.05) is 0 Å². The van der Waals surface area contributed by atoms with Crippen molar-refractivity contribution in [1.29, 1.82) is 0 Å². The summed E-state index contributed by atoms with van der Waals surface area (Å²) in [7, 11) is 0. The molecule has 98 valence electrons. The molecular weight excluding hydrogens is 216 g/mol. The second-order valence-corrected chi connectivity index (χ2v) is 5.24. The van der Waals surface area contributed by atoms with Gasteiger partial charge in [0.25, 0.3) is 0 Å². The van der Waals surface area contributed by atoms with Gasteiger partial charge in [-0.1, -0.05) is 19.3 Å². The fraction of sp³-hybridized carbons (Fsp3) is 0.923. The van der Waals surface area contributed by atoms with Crippen LogP contribution in [0.15, 0.2) is 0 Å². The Morgan fingerprint density at radius 3 is 2.82 bits per heavy atom. The first-order chi connectivity index (χ1) is 8.34. The Labute approximate surface area is 103 Å². The second kappa shape index (κ2) is 6.97. The van der Waals surface area contributed by atoms with Crippen molar-refractivity contribution in [2.24, 2.45) is 5.92 Å². The van der Waals surface area contributed by atoms with Gasteiger partial charge in [-0.05, 0) is 18.8 Å². The maximum Gasteiger partial charge on any atom is 0.220 e. The van der Waals surface area contributed by atoms with Gasteiger partial charge in [0, 0.05) is 25.6 Å². The zero-order chi connectivity index (χ0) is 11.9. The molecule has 2 aliphatic rings. The summed E-state index contributed by atoms with van der Waals surface area (Å²) in [6, 6.07) is 0.291. The van der Waals surface area contributed by atoms with E-state index in [0.717, 1.165) is 13.2 Å². The van der Waals surface area contributed by atoms with Crippen molar-refractivity contribution >= 4 is 5.91 Å². The van der Waals surface area contributed by atoms with Gasteiger partial charge in [-0.15, -0.1) is 0 Å². The minimum atomic E-state index is 0.212. The lowest BCUT2D eigenvalue weighted by Gasteiger charge is -2.25. The van der Waals surface area contributed by atoms with Gasteiger partial charge in [0.2, 0.25) is 5.91 Å². The van der Waals surface area contributed by atoms with Crippen LogP contribution in [0.4, 0.5) is 0 Å². The van der Waals surface area contributed by atoms with Crippen LogP contribution in [0.25, 0.3) is 0 Å².